The molecular weight excluding hydrogens is 222 g/mol. The zero-order chi connectivity index (χ0) is 12.4. The van der Waals surface area contributed by atoms with E-state index in [2.05, 4.69) is 11.9 Å². The fourth-order valence-electron chi connectivity index (χ4n) is 1.13. The fraction of sp³-hybridized carbons (Fsp3) is 0.667. The second-order valence-electron chi connectivity index (χ2n) is 3.81. The standard InChI is InChI=1S/C12H21NO2S/c1-10(2)12(15)16-9-7-5-4-6-8-13-11(3)14/h1,4-9H2,2-3H3,(H,13,14). The lowest BCUT2D eigenvalue weighted by Gasteiger charge is -2.02. The van der Waals surface area contributed by atoms with E-state index in [-0.39, 0.29) is 11.0 Å². The molecule has 1 amide bonds. The summed E-state index contributed by atoms with van der Waals surface area (Å²) >= 11 is 1.35. The molecule has 0 aromatic heterocycles. The molecule has 0 aromatic rings. The normalized spacial score (nSPS) is 9.88. The van der Waals surface area contributed by atoms with Crippen molar-refractivity contribution in [2.24, 2.45) is 0 Å². The molecule has 0 aliphatic rings. The van der Waals surface area contributed by atoms with Crippen molar-refractivity contribution in [3.05, 3.63) is 12.2 Å². The number of rotatable bonds is 8. The lowest BCUT2D eigenvalue weighted by Crippen LogP contribution is -2.20. The average Bonchev–Trinajstić information content (AvgIpc) is 2.21. The van der Waals surface area contributed by atoms with E-state index in [4.69, 9.17) is 0 Å². The summed E-state index contributed by atoms with van der Waals surface area (Å²) in [6.07, 6.45) is 4.26. The van der Waals surface area contributed by atoms with Gasteiger partial charge in [0, 0.05) is 19.2 Å². The average molecular weight is 243 g/mol. The Bertz CT molecular complexity index is 251. The lowest BCUT2D eigenvalue weighted by atomic mass is 10.2. The number of amides is 1. The van der Waals surface area contributed by atoms with Crippen LogP contribution in [0.15, 0.2) is 12.2 Å². The van der Waals surface area contributed by atoms with Crippen LogP contribution in [-0.2, 0) is 9.59 Å². The Morgan fingerprint density at radius 1 is 1.12 bits per heavy atom. The summed E-state index contributed by atoms with van der Waals surface area (Å²) in [5.41, 5.74) is 0.621. The molecule has 0 aliphatic heterocycles. The van der Waals surface area contributed by atoms with Gasteiger partial charge >= 0.3 is 0 Å². The third-order valence-corrected chi connectivity index (χ3v) is 3.13. The fourth-order valence-corrected chi connectivity index (χ4v) is 1.91. The first-order valence-electron chi connectivity index (χ1n) is 5.61. The SMILES string of the molecule is C=C(C)C(=O)SCCCCCCNC(C)=O. The van der Waals surface area contributed by atoms with Crippen LogP contribution in [0.2, 0.25) is 0 Å². The van der Waals surface area contributed by atoms with Crippen molar-refractivity contribution in [3.63, 3.8) is 0 Å². The van der Waals surface area contributed by atoms with E-state index in [0.717, 1.165) is 38.0 Å². The topological polar surface area (TPSA) is 46.2 Å². The Labute approximate surface area is 102 Å². The van der Waals surface area contributed by atoms with Gasteiger partial charge in [-0.05, 0) is 25.3 Å². The predicted molar refractivity (Wildman–Crippen MR) is 69.4 cm³/mol. The first-order valence-corrected chi connectivity index (χ1v) is 6.59. The van der Waals surface area contributed by atoms with Gasteiger partial charge in [0.1, 0.15) is 0 Å². The summed E-state index contributed by atoms with van der Waals surface area (Å²) < 4.78 is 0. The number of carbonyl (C=O) groups is 2. The van der Waals surface area contributed by atoms with Crippen LogP contribution in [0, 0.1) is 0 Å². The predicted octanol–water partition coefficient (Wildman–Crippen LogP) is 2.52. The minimum absolute atomic E-state index is 0.0302. The van der Waals surface area contributed by atoms with Crippen LogP contribution in [-0.4, -0.2) is 23.3 Å². The van der Waals surface area contributed by atoms with Gasteiger partial charge in [-0.2, -0.15) is 0 Å². The Balaban J connectivity index is 3.19. The minimum Gasteiger partial charge on any atom is -0.356 e. The van der Waals surface area contributed by atoms with Crippen molar-refractivity contribution in [1.82, 2.24) is 5.32 Å². The maximum atomic E-state index is 11.2. The summed E-state index contributed by atoms with van der Waals surface area (Å²) in [7, 11) is 0. The van der Waals surface area contributed by atoms with E-state index >= 15 is 0 Å². The summed E-state index contributed by atoms with van der Waals surface area (Å²) in [4.78, 5) is 21.7. The second kappa shape index (κ2) is 9.46. The molecule has 0 heterocycles. The monoisotopic (exact) mass is 243 g/mol. The van der Waals surface area contributed by atoms with Crippen molar-refractivity contribution >= 4 is 22.8 Å². The molecule has 3 nitrogen and oxygen atoms in total. The van der Waals surface area contributed by atoms with Crippen LogP contribution < -0.4 is 5.32 Å². The zero-order valence-electron chi connectivity index (χ0n) is 10.2. The molecule has 0 bridgehead atoms. The number of nitrogens with one attached hydrogen (secondary N) is 1. The van der Waals surface area contributed by atoms with Gasteiger partial charge in [0.15, 0.2) is 0 Å². The Hall–Kier alpha value is -0.770. The molecule has 0 spiro atoms. The first-order chi connectivity index (χ1) is 7.54. The molecule has 0 unspecified atom stereocenters. The van der Waals surface area contributed by atoms with E-state index in [0.29, 0.717) is 5.57 Å². The highest BCUT2D eigenvalue weighted by Crippen LogP contribution is 2.12. The zero-order valence-corrected chi connectivity index (χ0v) is 11.0. The van der Waals surface area contributed by atoms with Crippen LogP contribution in [0.4, 0.5) is 0 Å². The third-order valence-electron chi connectivity index (χ3n) is 2.03. The van der Waals surface area contributed by atoms with Crippen molar-refractivity contribution in [2.75, 3.05) is 12.3 Å². The molecule has 1 N–H and O–H groups in total. The molecule has 4 heteroatoms. The molecule has 0 fully saturated rings. The Kier molecular flexibility index (Phi) is 9.00. The first kappa shape index (κ1) is 15.2. The molecule has 16 heavy (non-hydrogen) atoms. The van der Waals surface area contributed by atoms with Crippen molar-refractivity contribution in [2.45, 2.75) is 39.5 Å². The number of hydrogen-bond donors (Lipinski definition) is 1. The molecule has 0 atom stereocenters. The van der Waals surface area contributed by atoms with Crippen LogP contribution in [0.5, 0.6) is 0 Å². The maximum absolute atomic E-state index is 11.2. The van der Waals surface area contributed by atoms with Crippen LogP contribution >= 0.6 is 11.8 Å². The number of hydrogen-bond acceptors (Lipinski definition) is 3. The van der Waals surface area contributed by atoms with E-state index in [1.165, 1.54) is 18.7 Å². The van der Waals surface area contributed by atoms with Gasteiger partial charge in [0.25, 0.3) is 0 Å². The summed E-state index contributed by atoms with van der Waals surface area (Å²) in [6, 6.07) is 0. The van der Waals surface area contributed by atoms with Gasteiger partial charge in [-0.25, -0.2) is 0 Å². The second-order valence-corrected chi connectivity index (χ2v) is 4.88. The third kappa shape index (κ3) is 9.77. The molecule has 0 radical (unpaired) electrons. The highest BCUT2D eigenvalue weighted by Gasteiger charge is 2.01. The maximum Gasteiger partial charge on any atom is 0.216 e. The number of thioether (sulfide) groups is 1. The van der Waals surface area contributed by atoms with Gasteiger partial charge in [0.05, 0.1) is 0 Å². The Morgan fingerprint density at radius 2 is 1.75 bits per heavy atom. The molecule has 0 saturated heterocycles. The van der Waals surface area contributed by atoms with Crippen LogP contribution in [0.1, 0.15) is 39.5 Å². The molecular formula is C12H21NO2S. The summed E-state index contributed by atoms with van der Waals surface area (Å²) in [5.74, 6) is 0.897. The van der Waals surface area contributed by atoms with Crippen LogP contribution in [0.25, 0.3) is 0 Å². The van der Waals surface area contributed by atoms with Crippen molar-refractivity contribution in [3.8, 4) is 0 Å². The highest BCUT2D eigenvalue weighted by molar-refractivity contribution is 8.14. The number of unbranched alkanes of at least 4 members (excludes halogenated alkanes) is 3. The number of carbonyl (C=O) groups excluding carboxylic acids is 2. The summed E-state index contributed by atoms with van der Waals surface area (Å²) in [6.45, 7) is 7.62. The molecule has 0 rings (SSSR count). The van der Waals surface area contributed by atoms with Crippen molar-refractivity contribution < 1.29 is 9.59 Å². The van der Waals surface area contributed by atoms with Gasteiger partial charge in [0.2, 0.25) is 11.0 Å². The van der Waals surface area contributed by atoms with Gasteiger partial charge in [-0.3, -0.25) is 9.59 Å². The Morgan fingerprint density at radius 3 is 2.31 bits per heavy atom. The molecule has 92 valence electrons. The van der Waals surface area contributed by atoms with Gasteiger partial charge in [-0.1, -0.05) is 31.2 Å². The molecule has 0 aliphatic carbocycles. The molecule has 0 saturated carbocycles. The van der Waals surface area contributed by atoms with Gasteiger partial charge < -0.3 is 5.32 Å². The minimum atomic E-state index is 0.0302. The smallest absolute Gasteiger partial charge is 0.216 e. The lowest BCUT2D eigenvalue weighted by molar-refractivity contribution is -0.119. The van der Waals surface area contributed by atoms with Crippen molar-refractivity contribution in [1.29, 1.82) is 0 Å². The van der Waals surface area contributed by atoms with Crippen LogP contribution in [0.3, 0.4) is 0 Å². The van der Waals surface area contributed by atoms with E-state index in [1.807, 2.05) is 0 Å². The van der Waals surface area contributed by atoms with E-state index in [9.17, 15) is 9.59 Å². The molecule has 0 aromatic carbocycles. The quantitative estimate of drug-likeness (QED) is 0.526. The summed E-state index contributed by atoms with van der Waals surface area (Å²) in [5, 5.41) is 2.86. The van der Waals surface area contributed by atoms with Gasteiger partial charge in [-0.15, -0.1) is 0 Å². The largest absolute Gasteiger partial charge is 0.356 e. The highest BCUT2D eigenvalue weighted by atomic mass is 32.2. The van der Waals surface area contributed by atoms with E-state index in [1.54, 1.807) is 6.92 Å². The van der Waals surface area contributed by atoms with E-state index < -0.39 is 0 Å².